The van der Waals surface area contributed by atoms with Crippen LogP contribution in [-0.4, -0.2) is 26.6 Å². The van der Waals surface area contributed by atoms with Gasteiger partial charge in [-0.25, -0.2) is 4.79 Å². The van der Waals surface area contributed by atoms with Crippen molar-refractivity contribution < 1.29 is 19.1 Å². The Morgan fingerprint density at radius 2 is 2.13 bits per heavy atom. The first-order valence-electron chi connectivity index (χ1n) is 4.19. The van der Waals surface area contributed by atoms with E-state index in [2.05, 4.69) is 10.1 Å². The number of rotatable bonds is 4. The zero-order valence-electron chi connectivity index (χ0n) is 8.44. The minimum absolute atomic E-state index is 0.254. The van der Waals surface area contributed by atoms with Crippen molar-refractivity contribution >= 4 is 18.1 Å². The zero-order valence-corrected chi connectivity index (χ0v) is 8.44. The Hall–Kier alpha value is -2.04. The molecule has 0 unspecified atom stereocenters. The second kappa shape index (κ2) is 4.99. The Balaban J connectivity index is 3.15. The van der Waals surface area contributed by atoms with Gasteiger partial charge in [-0.15, -0.1) is 0 Å². The van der Waals surface area contributed by atoms with Gasteiger partial charge in [-0.3, -0.25) is 4.79 Å². The second-order valence-corrected chi connectivity index (χ2v) is 2.67. The van der Waals surface area contributed by atoms with Gasteiger partial charge in [-0.05, 0) is 18.2 Å². The summed E-state index contributed by atoms with van der Waals surface area (Å²) in [6.45, 7) is 0. The highest BCUT2D eigenvalue weighted by Gasteiger charge is 2.12. The lowest BCUT2D eigenvalue weighted by Crippen LogP contribution is -2.07. The van der Waals surface area contributed by atoms with Crippen LogP contribution in [0.3, 0.4) is 0 Å². The average Bonchev–Trinajstić information content (AvgIpc) is 2.29. The molecule has 0 aromatic heterocycles. The van der Waals surface area contributed by atoms with Crippen LogP contribution in [0.25, 0.3) is 0 Å². The van der Waals surface area contributed by atoms with Crippen LogP contribution in [-0.2, 0) is 9.53 Å². The topological polar surface area (TPSA) is 64.6 Å². The van der Waals surface area contributed by atoms with Crippen molar-refractivity contribution in [3.05, 3.63) is 23.8 Å². The molecule has 1 amide bonds. The van der Waals surface area contributed by atoms with Gasteiger partial charge in [0.2, 0.25) is 6.41 Å². The lowest BCUT2D eigenvalue weighted by Gasteiger charge is -2.08. The molecule has 1 N–H and O–H groups in total. The molecule has 1 aromatic carbocycles. The van der Waals surface area contributed by atoms with E-state index in [1.54, 1.807) is 12.1 Å². The summed E-state index contributed by atoms with van der Waals surface area (Å²) in [6.07, 6.45) is 0.494. The molecule has 0 atom stereocenters. The Morgan fingerprint density at radius 1 is 1.40 bits per heavy atom. The van der Waals surface area contributed by atoms with Gasteiger partial charge in [0, 0.05) is 0 Å². The predicted molar refractivity (Wildman–Crippen MR) is 54.0 cm³/mol. The van der Waals surface area contributed by atoms with Gasteiger partial charge in [0.25, 0.3) is 0 Å². The SMILES string of the molecule is COC(=O)c1cc(OC)ccc1NC=O. The third-order valence-corrected chi connectivity index (χ3v) is 1.85. The summed E-state index contributed by atoms with van der Waals surface area (Å²) in [7, 11) is 2.76. The van der Waals surface area contributed by atoms with Crippen molar-refractivity contribution in [1.82, 2.24) is 0 Å². The van der Waals surface area contributed by atoms with E-state index in [0.717, 1.165) is 0 Å². The van der Waals surface area contributed by atoms with Gasteiger partial charge in [0.1, 0.15) is 5.75 Å². The van der Waals surface area contributed by atoms with E-state index < -0.39 is 5.97 Å². The largest absolute Gasteiger partial charge is 0.497 e. The van der Waals surface area contributed by atoms with Gasteiger partial charge in [-0.2, -0.15) is 0 Å². The number of hydrogen-bond donors (Lipinski definition) is 1. The number of hydrogen-bond acceptors (Lipinski definition) is 4. The first-order valence-corrected chi connectivity index (χ1v) is 4.19. The summed E-state index contributed by atoms with van der Waals surface area (Å²) < 4.78 is 9.53. The maximum absolute atomic E-state index is 11.3. The third kappa shape index (κ3) is 2.46. The van der Waals surface area contributed by atoms with Crippen molar-refractivity contribution in [3.63, 3.8) is 0 Å². The van der Waals surface area contributed by atoms with Crippen LogP contribution in [0.2, 0.25) is 0 Å². The molecule has 0 aliphatic heterocycles. The van der Waals surface area contributed by atoms with Crippen LogP contribution in [0.4, 0.5) is 5.69 Å². The molecule has 0 radical (unpaired) electrons. The number of benzene rings is 1. The Labute approximate surface area is 87.0 Å². The average molecular weight is 209 g/mol. The lowest BCUT2D eigenvalue weighted by molar-refractivity contribution is -0.105. The quantitative estimate of drug-likeness (QED) is 0.594. The van der Waals surface area contributed by atoms with Crippen LogP contribution >= 0.6 is 0 Å². The molecule has 1 aromatic rings. The molecule has 0 aliphatic rings. The molecule has 0 bridgehead atoms. The van der Waals surface area contributed by atoms with E-state index in [9.17, 15) is 9.59 Å². The molecule has 5 heteroatoms. The van der Waals surface area contributed by atoms with E-state index in [1.807, 2.05) is 0 Å². The van der Waals surface area contributed by atoms with Crippen LogP contribution in [0, 0.1) is 0 Å². The molecule has 15 heavy (non-hydrogen) atoms. The fraction of sp³-hybridized carbons (Fsp3) is 0.200. The molecule has 5 nitrogen and oxygen atoms in total. The molecular weight excluding hydrogens is 198 g/mol. The number of nitrogens with one attached hydrogen (secondary N) is 1. The van der Waals surface area contributed by atoms with Crippen molar-refractivity contribution in [2.24, 2.45) is 0 Å². The van der Waals surface area contributed by atoms with Crippen LogP contribution < -0.4 is 10.1 Å². The fourth-order valence-electron chi connectivity index (χ4n) is 1.12. The third-order valence-electron chi connectivity index (χ3n) is 1.85. The number of anilines is 1. The summed E-state index contributed by atoms with van der Waals surface area (Å²) in [6, 6.07) is 4.70. The number of amides is 1. The molecule has 0 spiro atoms. The molecule has 0 saturated heterocycles. The minimum atomic E-state index is -0.529. The van der Waals surface area contributed by atoms with Crippen molar-refractivity contribution in [3.8, 4) is 5.75 Å². The van der Waals surface area contributed by atoms with Gasteiger partial charge in [0.05, 0.1) is 25.5 Å². The lowest BCUT2D eigenvalue weighted by atomic mass is 10.1. The first-order chi connectivity index (χ1) is 7.22. The van der Waals surface area contributed by atoms with E-state index in [1.165, 1.54) is 20.3 Å². The summed E-state index contributed by atoms with van der Waals surface area (Å²) in [4.78, 5) is 21.6. The van der Waals surface area contributed by atoms with E-state index >= 15 is 0 Å². The smallest absolute Gasteiger partial charge is 0.340 e. The maximum atomic E-state index is 11.3. The number of carbonyl (C=O) groups excluding carboxylic acids is 2. The predicted octanol–water partition coefficient (Wildman–Crippen LogP) is 1.05. The Morgan fingerprint density at radius 3 is 2.67 bits per heavy atom. The number of ether oxygens (including phenoxy) is 2. The van der Waals surface area contributed by atoms with Crippen molar-refractivity contribution in [1.29, 1.82) is 0 Å². The van der Waals surface area contributed by atoms with Crippen molar-refractivity contribution in [2.75, 3.05) is 19.5 Å². The van der Waals surface area contributed by atoms with E-state index in [0.29, 0.717) is 17.8 Å². The number of esters is 1. The van der Waals surface area contributed by atoms with Crippen LogP contribution in [0.1, 0.15) is 10.4 Å². The van der Waals surface area contributed by atoms with Gasteiger partial charge in [0.15, 0.2) is 0 Å². The van der Waals surface area contributed by atoms with Gasteiger partial charge in [-0.1, -0.05) is 0 Å². The standard InChI is InChI=1S/C10H11NO4/c1-14-7-3-4-9(11-6-12)8(5-7)10(13)15-2/h3-6H,1-2H3,(H,11,12). The molecule has 0 fully saturated rings. The second-order valence-electron chi connectivity index (χ2n) is 2.67. The van der Waals surface area contributed by atoms with Gasteiger partial charge >= 0.3 is 5.97 Å². The fourth-order valence-corrected chi connectivity index (χ4v) is 1.12. The maximum Gasteiger partial charge on any atom is 0.340 e. The van der Waals surface area contributed by atoms with Gasteiger partial charge < -0.3 is 14.8 Å². The Kier molecular flexibility index (Phi) is 3.68. The van der Waals surface area contributed by atoms with E-state index in [4.69, 9.17) is 4.74 Å². The number of methoxy groups -OCH3 is 2. The monoisotopic (exact) mass is 209 g/mol. The summed E-state index contributed by atoms with van der Waals surface area (Å²) in [5.41, 5.74) is 0.640. The highest BCUT2D eigenvalue weighted by molar-refractivity contribution is 5.98. The van der Waals surface area contributed by atoms with Crippen molar-refractivity contribution in [2.45, 2.75) is 0 Å². The first kappa shape index (κ1) is 11.0. The molecule has 1 rings (SSSR count). The van der Waals surface area contributed by atoms with Crippen LogP contribution in [0.15, 0.2) is 18.2 Å². The molecule has 0 heterocycles. The van der Waals surface area contributed by atoms with Crippen LogP contribution in [0.5, 0.6) is 5.75 Å². The highest BCUT2D eigenvalue weighted by atomic mass is 16.5. The molecule has 0 saturated carbocycles. The molecule has 0 aliphatic carbocycles. The minimum Gasteiger partial charge on any atom is -0.497 e. The summed E-state index contributed by atoms with van der Waals surface area (Å²) >= 11 is 0. The zero-order chi connectivity index (χ0) is 11.3. The molecular formula is C10H11NO4. The summed E-state index contributed by atoms with van der Waals surface area (Å²) in [5, 5.41) is 2.41. The van der Waals surface area contributed by atoms with E-state index in [-0.39, 0.29) is 5.56 Å². The molecule has 80 valence electrons. The normalized spacial score (nSPS) is 9.20. The highest BCUT2D eigenvalue weighted by Crippen LogP contribution is 2.22. The summed E-state index contributed by atoms with van der Waals surface area (Å²) in [5.74, 6) is -0.00917. The Bertz CT molecular complexity index is 376. The number of carbonyl (C=O) groups is 2.